The van der Waals surface area contributed by atoms with Gasteiger partial charge in [0, 0.05) is 4.90 Å². The fourth-order valence-electron chi connectivity index (χ4n) is 1.03. The highest BCUT2D eigenvalue weighted by Gasteiger charge is 2.30. The summed E-state index contributed by atoms with van der Waals surface area (Å²) in [5, 5.41) is 0. The number of rotatable bonds is 1. The molecule has 0 spiro atoms. The molecular formula is C9H9F3S. The van der Waals surface area contributed by atoms with E-state index in [0.29, 0.717) is 10.5 Å². The number of aryl methyl sites for hydroxylation is 1. The van der Waals surface area contributed by atoms with Gasteiger partial charge in [-0.05, 0) is 36.9 Å². The maximum atomic E-state index is 12.3. The molecule has 4 heteroatoms. The highest BCUT2D eigenvalue weighted by Crippen LogP contribution is 2.32. The highest BCUT2D eigenvalue weighted by atomic mass is 32.2. The molecule has 0 fully saturated rings. The first kappa shape index (κ1) is 10.4. The van der Waals surface area contributed by atoms with Crippen LogP contribution in [-0.2, 0) is 6.18 Å². The Hall–Kier alpha value is -0.640. The second-order valence-corrected chi connectivity index (χ2v) is 3.62. The molecule has 0 nitrogen and oxygen atoms in total. The third-order valence-electron chi connectivity index (χ3n) is 1.61. The van der Waals surface area contributed by atoms with Crippen molar-refractivity contribution in [3.63, 3.8) is 0 Å². The minimum absolute atomic E-state index is 0.572. The lowest BCUT2D eigenvalue weighted by Gasteiger charge is -2.08. The third kappa shape index (κ3) is 2.66. The Labute approximate surface area is 79.1 Å². The molecule has 0 atom stereocenters. The average molecular weight is 206 g/mol. The van der Waals surface area contributed by atoms with Crippen LogP contribution in [0.5, 0.6) is 0 Å². The van der Waals surface area contributed by atoms with E-state index < -0.39 is 11.7 Å². The minimum atomic E-state index is -4.24. The number of halogens is 3. The number of hydrogen-bond acceptors (Lipinski definition) is 1. The Balaban J connectivity index is 3.16. The van der Waals surface area contributed by atoms with Gasteiger partial charge < -0.3 is 0 Å². The van der Waals surface area contributed by atoms with Gasteiger partial charge in [-0.15, -0.1) is 11.8 Å². The van der Waals surface area contributed by atoms with E-state index in [2.05, 4.69) is 0 Å². The molecule has 0 saturated carbocycles. The second kappa shape index (κ2) is 3.62. The van der Waals surface area contributed by atoms with Gasteiger partial charge in [0.05, 0.1) is 5.56 Å². The Morgan fingerprint density at radius 1 is 1.15 bits per heavy atom. The van der Waals surface area contributed by atoms with E-state index in [1.165, 1.54) is 11.8 Å². The van der Waals surface area contributed by atoms with Crippen molar-refractivity contribution in [2.24, 2.45) is 0 Å². The Bertz CT molecular complexity index is 304. The van der Waals surface area contributed by atoms with Crippen molar-refractivity contribution >= 4 is 11.8 Å². The van der Waals surface area contributed by atoms with Gasteiger partial charge in [-0.3, -0.25) is 0 Å². The zero-order valence-electron chi connectivity index (χ0n) is 7.27. The predicted molar refractivity (Wildman–Crippen MR) is 48.0 cm³/mol. The Morgan fingerprint density at radius 2 is 1.77 bits per heavy atom. The molecule has 0 bridgehead atoms. The van der Waals surface area contributed by atoms with Crippen LogP contribution in [0.4, 0.5) is 13.2 Å². The molecule has 1 rings (SSSR count). The van der Waals surface area contributed by atoms with Gasteiger partial charge in [-0.25, -0.2) is 0 Å². The van der Waals surface area contributed by atoms with Crippen LogP contribution in [0, 0.1) is 6.92 Å². The van der Waals surface area contributed by atoms with Gasteiger partial charge >= 0.3 is 6.18 Å². The molecule has 13 heavy (non-hydrogen) atoms. The van der Waals surface area contributed by atoms with Gasteiger partial charge in [0.2, 0.25) is 0 Å². The summed E-state index contributed by atoms with van der Waals surface area (Å²) in [6.07, 6.45) is -2.48. The van der Waals surface area contributed by atoms with E-state index in [-0.39, 0.29) is 0 Å². The van der Waals surface area contributed by atoms with Crippen molar-refractivity contribution < 1.29 is 13.2 Å². The SMILES string of the molecule is CSc1cc(C)cc(C(F)(F)F)c1. The molecule has 0 N–H and O–H groups in total. The summed E-state index contributed by atoms with van der Waals surface area (Å²) in [5.74, 6) is 0. The quantitative estimate of drug-likeness (QED) is 0.631. The molecular weight excluding hydrogens is 197 g/mol. The lowest BCUT2D eigenvalue weighted by molar-refractivity contribution is -0.137. The molecule has 1 aromatic carbocycles. The van der Waals surface area contributed by atoms with E-state index >= 15 is 0 Å². The van der Waals surface area contributed by atoms with Crippen LogP contribution in [0.15, 0.2) is 23.1 Å². The summed E-state index contributed by atoms with van der Waals surface area (Å²) in [5.41, 5.74) is 0.0658. The normalized spacial score (nSPS) is 11.8. The van der Waals surface area contributed by atoms with Crippen LogP contribution in [0.3, 0.4) is 0 Å². The Morgan fingerprint density at radius 3 is 2.23 bits per heavy atom. The number of thioether (sulfide) groups is 1. The predicted octanol–water partition coefficient (Wildman–Crippen LogP) is 3.74. The van der Waals surface area contributed by atoms with E-state index in [1.54, 1.807) is 19.2 Å². The molecule has 72 valence electrons. The van der Waals surface area contributed by atoms with Crippen molar-refractivity contribution in [3.05, 3.63) is 29.3 Å². The maximum absolute atomic E-state index is 12.3. The van der Waals surface area contributed by atoms with Gasteiger partial charge in [0.15, 0.2) is 0 Å². The van der Waals surface area contributed by atoms with Gasteiger partial charge in [0.25, 0.3) is 0 Å². The number of benzene rings is 1. The fraction of sp³-hybridized carbons (Fsp3) is 0.333. The summed E-state index contributed by atoms with van der Waals surface area (Å²) in [4.78, 5) is 0.646. The minimum Gasteiger partial charge on any atom is -0.166 e. The van der Waals surface area contributed by atoms with Gasteiger partial charge in [-0.2, -0.15) is 13.2 Å². The molecule has 0 aromatic heterocycles. The van der Waals surface area contributed by atoms with Crippen molar-refractivity contribution in [1.29, 1.82) is 0 Å². The summed E-state index contributed by atoms with van der Waals surface area (Å²) in [6.45, 7) is 1.66. The molecule has 0 aliphatic heterocycles. The monoisotopic (exact) mass is 206 g/mol. The molecule has 0 heterocycles. The summed E-state index contributed by atoms with van der Waals surface area (Å²) < 4.78 is 36.8. The molecule has 1 aromatic rings. The molecule has 0 aliphatic carbocycles. The zero-order valence-corrected chi connectivity index (χ0v) is 8.09. The largest absolute Gasteiger partial charge is 0.416 e. The van der Waals surface area contributed by atoms with Crippen molar-refractivity contribution in [2.45, 2.75) is 18.0 Å². The van der Waals surface area contributed by atoms with Crippen LogP contribution in [0.25, 0.3) is 0 Å². The maximum Gasteiger partial charge on any atom is 0.416 e. The first-order valence-electron chi connectivity index (χ1n) is 3.66. The van der Waals surface area contributed by atoms with E-state index in [9.17, 15) is 13.2 Å². The van der Waals surface area contributed by atoms with E-state index in [4.69, 9.17) is 0 Å². The fourth-order valence-corrected chi connectivity index (χ4v) is 1.58. The van der Waals surface area contributed by atoms with Crippen molar-refractivity contribution in [3.8, 4) is 0 Å². The smallest absolute Gasteiger partial charge is 0.166 e. The highest BCUT2D eigenvalue weighted by molar-refractivity contribution is 7.98. The van der Waals surface area contributed by atoms with Gasteiger partial charge in [-0.1, -0.05) is 0 Å². The van der Waals surface area contributed by atoms with Crippen molar-refractivity contribution in [1.82, 2.24) is 0 Å². The molecule has 0 unspecified atom stereocenters. The molecule has 0 amide bonds. The number of hydrogen-bond donors (Lipinski definition) is 0. The summed E-state index contributed by atoms with van der Waals surface area (Å²) in [7, 11) is 0. The standard InChI is InChI=1S/C9H9F3S/c1-6-3-7(9(10,11)12)5-8(4-6)13-2/h3-5H,1-2H3. The van der Waals surface area contributed by atoms with Gasteiger partial charge in [0.1, 0.15) is 0 Å². The lowest BCUT2D eigenvalue weighted by atomic mass is 10.1. The van der Waals surface area contributed by atoms with Crippen LogP contribution in [0.2, 0.25) is 0 Å². The van der Waals surface area contributed by atoms with Crippen LogP contribution < -0.4 is 0 Å². The van der Waals surface area contributed by atoms with Crippen molar-refractivity contribution in [2.75, 3.05) is 6.26 Å². The van der Waals surface area contributed by atoms with Crippen LogP contribution in [-0.4, -0.2) is 6.26 Å². The molecule has 0 radical (unpaired) electrons. The first-order valence-corrected chi connectivity index (χ1v) is 4.89. The van der Waals surface area contributed by atoms with Crippen LogP contribution in [0.1, 0.15) is 11.1 Å². The Kier molecular flexibility index (Phi) is 2.91. The zero-order chi connectivity index (χ0) is 10.1. The summed E-state index contributed by atoms with van der Waals surface area (Å²) in [6, 6.07) is 4.05. The van der Waals surface area contributed by atoms with E-state index in [0.717, 1.165) is 12.1 Å². The van der Waals surface area contributed by atoms with E-state index in [1.807, 2.05) is 0 Å². The molecule has 0 aliphatic rings. The topological polar surface area (TPSA) is 0 Å². The first-order chi connectivity index (χ1) is 5.93. The average Bonchev–Trinajstić information content (AvgIpc) is 2.01. The lowest BCUT2D eigenvalue weighted by Crippen LogP contribution is -2.05. The van der Waals surface area contributed by atoms with Crippen LogP contribution >= 0.6 is 11.8 Å². The molecule has 0 saturated heterocycles. The third-order valence-corrected chi connectivity index (χ3v) is 2.32. The second-order valence-electron chi connectivity index (χ2n) is 2.74. The number of alkyl halides is 3. The summed E-state index contributed by atoms with van der Waals surface area (Å²) >= 11 is 1.31.